The fourth-order valence-corrected chi connectivity index (χ4v) is 0.908. The van der Waals surface area contributed by atoms with Crippen molar-refractivity contribution in [2.24, 2.45) is 0 Å². The van der Waals surface area contributed by atoms with E-state index in [-0.39, 0.29) is 5.57 Å². The molecule has 0 bridgehead atoms. The molecule has 12 heavy (non-hydrogen) atoms. The Hall–Kier alpha value is -1.13. The lowest BCUT2D eigenvalue weighted by molar-refractivity contribution is -0.135. The van der Waals surface area contributed by atoms with Crippen molar-refractivity contribution in [1.29, 1.82) is 0 Å². The SMILES string of the molecule is COC(=O)C1=C[C@@H](O)[C@@H](O)C=C1. The molecule has 0 heterocycles. The zero-order chi connectivity index (χ0) is 9.14. The van der Waals surface area contributed by atoms with Crippen molar-refractivity contribution in [3.05, 3.63) is 23.8 Å². The number of rotatable bonds is 1. The molecule has 0 aromatic carbocycles. The third-order valence-electron chi connectivity index (χ3n) is 1.59. The first-order valence-electron chi connectivity index (χ1n) is 3.49. The molecule has 2 N–H and O–H groups in total. The molecule has 0 aromatic rings. The fraction of sp³-hybridized carbons (Fsp3) is 0.375. The molecular weight excluding hydrogens is 160 g/mol. The predicted molar refractivity (Wildman–Crippen MR) is 41.3 cm³/mol. The van der Waals surface area contributed by atoms with Gasteiger partial charge < -0.3 is 14.9 Å². The Labute approximate surface area is 69.8 Å². The number of hydrogen-bond acceptors (Lipinski definition) is 4. The van der Waals surface area contributed by atoms with Gasteiger partial charge in [-0.25, -0.2) is 4.79 Å². The molecule has 0 spiro atoms. The number of aliphatic hydroxyl groups is 2. The third kappa shape index (κ3) is 1.72. The number of esters is 1. The molecule has 0 unspecified atom stereocenters. The molecule has 0 amide bonds. The van der Waals surface area contributed by atoms with Crippen molar-refractivity contribution >= 4 is 5.97 Å². The van der Waals surface area contributed by atoms with Crippen LogP contribution < -0.4 is 0 Å². The van der Waals surface area contributed by atoms with Crippen molar-refractivity contribution in [3.8, 4) is 0 Å². The summed E-state index contributed by atoms with van der Waals surface area (Å²) in [5.74, 6) is -0.516. The minimum absolute atomic E-state index is 0.260. The van der Waals surface area contributed by atoms with Gasteiger partial charge in [0, 0.05) is 0 Å². The van der Waals surface area contributed by atoms with E-state index in [0.717, 1.165) is 0 Å². The Balaban J connectivity index is 2.76. The van der Waals surface area contributed by atoms with Crippen LogP contribution in [0.2, 0.25) is 0 Å². The van der Waals surface area contributed by atoms with Crippen LogP contribution >= 0.6 is 0 Å². The first kappa shape index (κ1) is 8.96. The molecule has 66 valence electrons. The molecule has 4 nitrogen and oxygen atoms in total. The summed E-state index contributed by atoms with van der Waals surface area (Å²) in [7, 11) is 1.26. The van der Waals surface area contributed by atoms with Gasteiger partial charge in [-0.15, -0.1) is 0 Å². The Morgan fingerprint density at radius 2 is 2.17 bits per heavy atom. The van der Waals surface area contributed by atoms with Crippen LogP contribution in [0.25, 0.3) is 0 Å². The van der Waals surface area contributed by atoms with Gasteiger partial charge in [0.15, 0.2) is 0 Å². The zero-order valence-electron chi connectivity index (χ0n) is 6.60. The van der Waals surface area contributed by atoms with Gasteiger partial charge in [0.25, 0.3) is 0 Å². The Bertz CT molecular complexity index is 241. The number of ether oxygens (including phenoxy) is 1. The van der Waals surface area contributed by atoms with Crippen LogP contribution in [0.3, 0.4) is 0 Å². The van der Waals surface area contributed by atoms with E-state index < -0.39 is 18.2 Å². The highest BCUT2D eigenvalue weighted by Crippen LogP contribution is 2.11. The van der Waals surface area contributed by atoms with Crippen molar-refractivity contribution in [3.63, 3.8) is 0 Å². The molecule has 0 saturated heterocycles. The molecule has 1 aliphatic carbocycles. The quantitative estimate of drug-likeness (QED) is 0.514. The summed E-state index contributed by atoms with van der Waals surface area (Å²) < 4.78 is 4.42. The Kier molecular flexibility index (Phi) is 2.62. The lowest BCUT2D eigenvalue weighted by atomic mass is 10.0. The second kappa shape index (κ2) is 3.51. The van der Waals surface area contributed by atoms with Crippen LogP contribution in [0, 0.1) is 0 Å². The van der Waals surface area contributed by atoms with E-state index in [2.05, 4.69) is 4.74 Å². The maximum atomic E-state index is 10.9. The van der Waals surface area contributed by atoms with Gasteiger partial charge in [-0.05, 0) is 12.2 Å². The van der Waals surface area contributed by atoms with Crippen molar-refractivity contribution in [1.82, 2.24) is 0 Å². The summed E-state index contributed by atoms with van der Waals surface area (Å²) in [6.07, 6.45) is 2.07. The largest absolute Gasteiger partial charge is 0.465 e. The maximum absolute atomic E-state index is 10.9. The van der Waals surface area contributed by atoms with Crippen molar-refractivity contribution in [2.75, 3.05) is 7.11 Å². The molecule has 0 aromatic heterocycles. The van der Waals surface area contributed by atoms with E-state index in [1.165, 1.54) is 25.3 Å². The molecule has 0 fully saturated rings. The van der Waals surface area contributed by atoms with Gasteiger partial charge in [-0.1, -0.05) is 6.08 Å². The van der Waals surface area contributed by atoms with Crippen LogP contribution in [-0.4, -0.2) is 35.5 Å². The van der Waals surface area contributed by atoms with Gasteiger partial charge in [0.05, 0.1) is 12.7 Å². The Morgan fingerprint density at radius 3 is 2.67 bits per heavy atom. The second-order valence-electron chi connectivity index (χ2n) is 2.45. The number of carbonyl (C=O) groups is 1. The normalized spacial score (nSPS) is 28.1. The van der Waals surface area contributed by atoms with Crippen LogP contribution in [-0.2, 0) is 9.53 Å². The van der Waals surface area contributed by atoms with E-state index in [4.69, 9.17) is 10.2 Å². The van der Waals surface area contributed by atoms with Crippen molar-refractivity contribution in [2.45, 2.75) is 12.2 Å². The predicted octanol–water partition coefficient (Wildman–Crippen LogP) is -0.623. The number of carbonyl (C=O) groups excluding carboxylic acids is 1. The maximum Gasteiger partial charge on any atom is 0.337 e. The van der Waals surface area contributed by atoms with Crippen LogP contribution in [0.15, 0.2) is 23.8 Å². The minimum atomic E-state index is -1.02. The molecular formula is C8H10O4. The lowest BCUT2D eigenvalue weighted by Crippen LogP contribution is -2.25. The molecule has 0 aliphatic heterocycles. The molecule has 1 rings (SSSR count). The molecule has 0 saturated carbocycles. The monoisotopic (exact) mass is 170 g/mol. The first-order valence-corrected chi connectivity index (χ1v) is 3.49. The smallest absolute Gasteiger partial charge is 0.337 e. The van der Waals surface area contributed by atoms with E-state index >= 15 is 0 Å². The highest BCUT2D eigenvalue weighted by molar-refractivity contribution is 5.91. The molecule has 4 heteroatoms. The van der Waals surface area contributed by atoms with Gasteiger partial charge >= 0.3 is 5.97 Å². The molecule has 1 aliphatic rings. The molecule has 0 radical (unpaired) electrons. The van der Waals surface area contributed by atoms with Gasteiger partial charge in [0.2, 0.25) is 0 Å². The van der Waals surface area contributed by atoms with Gasteiger partial charge in [-0.3, -0.25) is 0 Å². The fourth-order valence-electron chi connectivity index (χ4n) is 0.908. The van der Waals surface area contributed by atoms with Gasteiger partial charge in [0.1, 0.15) is 12.2 Å². The first-order chi connectivity index (χ1) is 5.65. The summed E-state index contributed by atoms with van der Waals surface area (Å²) in [6.45, 7) is 0. The summed E-state index contributed by atoms with van der Waals surface area (Å²) in [6, 6.07) is 0. The second-order valence-corrected chi connectivity index (χ2v) is 2.45. The van der Waals surface area contributed by atoms with E-state index in [1.807, 2.05) is 0 Å². The minimum Gasteiger partial charge on any atom is -0.465 e. The third-order valence-corrected chi connectivity index (χ3v) is 1.59. The highest BCUT2D eigenvalue weighted by atomic mass is 16.5. The number of hydrogen-bond donors (Lipinski definition) is 2. The Morgan fingerprint density at radius 1 is 1.50 bits per heavy atom. The van der Waals surface area contributed by atoms with Crippen molar-refractivity contribution < 1.29 is 19.7 Å². The summed E-state index contributed by atoms with van der Waals surface area (Å²) in [5.41, 5.74) is 0.260. The van der Waals surface area contributed by atoms with Crippen LogP contribution in [0.5, 0.6) is 0 Å². The summed E-state index contributed by atoms with van der Waals surface area (Å²) in [5, 5.41) is 18.1. The summed E-state index contributed by atoms with van der Waals surface area (Å²) >= 11 is 0. The summed E-state index contributed by atoms with van der Waals surface area (Å²) in [4.78, 5) is 10.9. The van der Waals surface area contributed by atoms with E-state index in [9.17, 15) is 4.79 Å². The van der Waals surface area contributed by atoms with Gasteiger partial charge in [-0.2, -0.15) is 0 Å². The highest BCUT2D eigenvalue weighted by Gasteiger charge is 2.18. The topological polar surface area (TPSA) is 66.8 Å². The average molecular weight is 170 g/mol. The lowest BCUT2D eigenvalue weighted by Gasteiger charge is -2.15. The van der Waals surface area contributed by atoms with Crippen LogP contribution in [0.4, 0.5) is 0 Å². The number of aliphatic hydroxyl groups excluding tert-OH is 2. The number of methoxy groups -OCH3 is 1. The standard InChI is InChI=1S/C8H10O4/c1-12-8(11)5-2-3-6(9)7(10)4-5/h2-4,6-7,9-10H,1H3/t6-,7+/m0/s1. The van der Waals surface area contributed by atoms with E-state index in [0.29, 0.717) is 0 Å². The average Bonchev–Trinajstić information content (AvgIpc) is 2.08. The molecule has 2 atom stereocenters. The zero-order valence-corrected chi connectivity index (χ0v) is 6.60. The van der Waals surface area contributed by atoms with Crippen LogP contribution in [0.1, 0.15) is 0 Å². The van der Waals surface area contributed by atoms with E-state index in [1.54, 1.807) is 0 Å².